The summed E-state index contributed by atoms with van der Waals surface area (Å²) >= 11 is 1.73. The summed E-state index contributed by atoms with van der Waals surface area (Å²) in [6.07, 6.45) is 1.79. The number of methoxy groups -OCH3 is 1. The molecule has 0 aliphatic carbocycles. The van der Waals surface area contributed by atoms with Gasteiger partial charge in [-0.15, -0.1) is 11.3 Å². The van der Waals surface area contributed by atoms with Crippen LogP contribution >= 0.6 is 11.3 Å². The number of nitrogens with one attached hydrogen (secondary N) is 1. The minimum Gasteiger partial charge on any atom is -0.468 e. The molecule has 0 spiro atoms. The highest BCUT2D eigenvalue weighted by Gasteiger charge is 2.16. The largest absolute Gasteiger partial charge is 0.468 e. The van der Waals surface area contributed by atoms with Crippen molar-refractivity contribution in [3.63, 3.8) is 0 Å². The van der Waals surface area contributed by atoms with E-state index in [4.69, 9.17) is 4.74 Å². The summed E-state index contributed by atoms with van der Waals surface area (Å²) < 4.78 is 4.73. The molecule has 0 aliphatic rings. The zero-order valence-electron chi connectivity index (χ0n) is 10.1. The molecule has 90 valence electrons. The highest BCUT2D eigenvalue weighted by molar-refractivity contribution is 7.10. The Kier molecular flexibility index (Phi) is 5.49. The van der Waals surface area contributed by atoms with Crippen molar-refractivity contribution in [3.05, 3.63) is 21.9 Å². The van der Waals surface area contributed by atoms with Gasteiger partial charge >= 0.3 is 5.97 Å². The third-order valence-electron chi connectivity index (χ3n) is 2.62. The molecule has 16 heavy (non-hydrogen) atoms. The predicted octanol–water partition coefficient (Wildman–Crippen LogP) is 2.35. The highest BCUT2D eigenvalue weighted by Crippen LogP contribution is 2.17. The molecule has 1 heterocycles. The Labute approximate surface area is 101 Å². The van der Waals surface area contributed by atoms with E-state index in [-0.39, 0.29) is 12.0 Å². The molecular weight excluding hydrogens is 222 g/mol. The molecule has 4 heteroatoms. The lowest BCUT2D eigenvalue weighted by Crippen LogP contribution is -2.36. The number of ether oxygens (including phenoxy) is 1. The van der Waals surface area contributed by atoms with Gasteiger partial charge in [0, 0.05) is 11.4 Å². The molecule has 0 saturated heterocycles. The van der Waals surface area contributed by atoms with Crippen molar-refractivity contribution in [1.29, 1.82) is 0 Å². The van der Waals surface area contributed by atoms with Gasteiger partial charge in [0.2, 0.25) is 0 Å². The van der Waals surface area contributed by atoms with Crippen molar-refractivity contribution in [1.82, 2.24) is 5.32 Å². The Morgan fingerprint density at radius 1 is 1.56 bits per heavy atom. The van der Waals surface area contributed by atoms with Gasteiger partial charge in [0.05, 0.1) is 7.11 Å². The van der Waals surface area contributed by atoms with E-state index in [2.05, 4.69) is 23.7 Å². The minimum atomic E-state index is -0.197. The normalized spacial score (nSPS) is 12.4. The Bertz CT molecular complexity index is 336. The number of hydrogen-bond acceptors (Lipinski definition) is 4. The Morgan fingerprint density at radius 2 is 2.31 bits per heavy atom. The fraction of sp³-hybridized carbons (Fsp3) is 0.583. The van der Waals surface area contributed by atoms with E-state index in [1.54, 1.807) is 11.3 Å². The van der Waals surface area contributed by atoms with Crippen LogP contribution in [0.3, 0.4) is 0 Å². The first-order valence-corrected chi connectivity index (χ1v) is 6.47. The molecular formula is C12H19NO2S. The monoisotopic (exact) mass is 241 g/mol. The molecule has 0 fully saturated rings. The topological polar surface area (TPSA) is 38.3 Å². The number of esters is 1. The molecule has 1 N–H and O–H groups in total. The number of aryl methyl sites for hydroxylation is 1. The van der Waals surface area contributed by atoms with Crippen LogP contribution < -0.4 is 5.32 Å². The minimum absolute atomic E-state index is 0.183. The number of rotatable bonds is 6. The summed E-state index contributed by atoms with van der Waals surface area (Å²) in [5.74, 6) is -0.183. The molecule has 0 aromatic carbocycles. The molecule has 0 saturated carbocycles. The number of carbonyl (C=O) groups is 1. The van der Waals surface area contributed by atoms with Gasteiger partial charge in [-0.05, 0) is 29.9 Å². The van der Waals surface area contributed by atoms with Crippen LogP contribution in [0.1, 0.15) is 30.7 Å². The van der Waals surface area contributed by atoms with E-state index in [1.165, 1.54) is 17.6 Å². The van der Waals surface area contributed by atoms with E-state index in [1.807, 2.05) is 6.92 Å². The van der Waals surface area contributed by atoms with E-state index >= 15 is 0 Å². The second-order valence-corrected chi connectivity index (χ2v) is 4.59. The Morgan fingerprint density at radius 3 is 2.88 bits per heavy atom. The summed E-state index contributed by atoms with van der Waals surface area (Å²) in [6.45, 7) is 4.86. The summed E-state index contributed by atoms with van der Waals surface area (Å²) in [6, 6.07) is 1.94. The fourth-order valence-corrected chi connectivity index (χ4v) is 2.52. The van der Waals surface area contributed by atoms with E-state index in [9.17, 15) is 4.79 Å². The van der Waals surface area contributed by atoms with Crippen LogP contribution in [-0.4, -0.2) is 19.1 Å². The van der Waals surface area contributed by atoms with Gasteiger partial charge in [-0.2, -0.15) is 0 Å². The van der Waals surface area contributed by atoms with E-state index in [0.29, 0.717) is 0 Å². The summed E-state index contributed by atoms with van der Waals surface area (Å²) in [7, 11) is 1.43. The smallest absolute Gasteiger partial charge is 0.322 e. The molecule has 1 aromatic rings. The predicted molar refractivity (Wildman–Crippen MR) is 66.6 cm³/mol. The second kappa shape index (κ2) is 6.66. The lowest BCUT2D eigenvalue weighted by molar-refractivity contribution is -0.143. The van der Waals surface area contributed by atoms with E-state index in [0.717, 1.165) is 19.4 Å². The highest BCUT2D eigenvalue weighted by atomic mass is 32.1. The molecule has 0 radical (unpaired) electrons. The zero-order chi connectivity index (χ0) is 12.0. The molecule has 1 rings (SSSR count). The van der Waals surface area contributed by atoms with E-state index < -0.39 is 0 Å². The number of carbonyl (C=O) groups excluding carboxylic acids is 1. The zero-order valence-corrected chi connectivity index (χ0v) is 10.9. The van der Waals surface area contributed by atoms with Gasteiger partial charge in [0.25, 0.3) is 0 Å². The lowest BCUT2D eigenvalue weighted by Gasteiger charge is -2.14. The maximum atomic E-state index is 11.4. The van der Waals surface area contributed by atoms with Crippen LogP contribution in [-0.2, 0) is 22.5 Å². The van der Waals surface area contributed by atoms with Crippen molar-refractivity contribution in [2.24, 2.45) is 0 Å². The Balaban J connectivity index is 2.52. The molecule has 0 amide bonds. The van der Waals surface area contributed by atoms with Crippen LogP contribution in [0.5, 0.6) is 0 Å². The van der Waals surface area contributed by atoms with Crippen LogP contribution in [0, 0.1) is 0 Å². The quantitative estimate of drug-likeness (QED) is 0.777. The second-order valence-electron chi connectivity index (χ2n) is 3.59. The maximum Gasteiger partial charge on any atom is 0.322 e. The summed E-state index contributed by atoms with van der Waals surface area (Å²) in [5, 5.41) is 5.33. The number of thiophene rings is 1. The Hall–Kier alpha value is -0.870. The summed E-state index contributed by atoms with van der Waals surface area (Å²) in [5.41, 5.74) is 1.36. The van der Waals surface area contributed by atoms with Gasteiger partial charge in [-0.1, -0.05) is 13.8 Å². The SMILES string of the molecule is CCc1ccsc1CNC(CC)C(=O)OC. The van der Waals surface area contributed by atoms with Crippen molar-refractivity contribution in [2.45, 2.75) is 39.3 Å². The third-order valence-corrected chi connectivity index (χ3v) is 3.58. The maximum absolute atomic E-state index is 11.4. The van der Waals surface area contributed by atoms with Crippen LogP contribution in [0.25, 0.3) is 0 Å². The van der Waals surface area contributed by atoms with Crippen molar-refractivity contribution < 1.29 is 9.53 Å². The fourth-order valence-electron chi connectivity index (χ4n) is 1.59. The van der Waals surface area contributed by atoms with Crippen LogP contribution in [0.15, 0.2) is 11.4 Å². The molecule has 1 atom stereocenters. The third kappa shape index (κ3) is 3.32. The first-order valence-electron chi connectivity index (χ1n) is 5.59. The first kappa shape index (κ1) is 13.2. The average molecular weight is 241 g/mol. The van der Waals surface area contributed by atoms with Crippen LogP contribution in [0.4, 0.5) is 0 Å². The lowest BCUT2D eigenvalue weighted by atomic mass is 10.2. The average Bonchev–Trinajstić information content (AvgIpc) is 2.76. The molecule has 1 unspecified atom stereocenters. The van der Waals surface area contributed by atoms with Crippen molar-refractivity contribution in [3.8, 4) is 0 Å². The van der Waals surface area contributed by atoms with Crippen molar-refractivity contribution >= 4 is 17.3 Å². The molecule has 0 bridgehead atoms. The van der Waals surface area contributed by atoms with Gasteiger partial charge in [-0.25, -0.2) is 0 Å². The molecule has 3 nitrogen and oxygen atoms in total. The van der Waals surface area contributed by atoms with Gasteiger partial charge in [0.1, 0.15) is 6.04 Å². The van der Waals surface area contributed by atoms with Gasteiger partial charge in [0.15, 0.2) is 0 Å². The summed E-state index contributed by atoms with van der Waals surface area (Å²) in [4.78, 5) is 12.7. The standard InChI is InChI=1S/C12H19NO2S/c1-4-9-6-7-16-11(9)8-13-10(5-2)12(14)15-3/h6-7,10,13H,4-5,8H2,1-3H3. The van der Waals surface area contributed by atoms with Crippen LogP contribution in [0.2, 0.25) is 0 Å². The number of hydrogen-bond donors (Lipinski definition) is 1. The molecule has 1 aromatic heterocycles. The van der Waals surface area contributed by atoms with Gasteiger partial charge in [-0.3, -0.25) is 10.1 Å². The molecule has 0 aliphatic heterocycles. The van der Waals surface area contributed by atoms with Gasteiger partial charge < -0.3 is 4.74 Å². The van der Waals surface area contributed by atoms with Crippen molar-refractivity contribution in [2.75, 3.05) is 7.11 Å². The first-order chi connectivity index (χ1) is 7.72.